The Morgan fingerprint density at radius 3 is 3.00 bits per heavy atom. The summed E-state index contributed by atoms with van der Waals surface area (Å²) in [6.07, 6.45) is 0. The summed E-state index contributed by atoms with van der Waals surface area (Å²) in [4.78, 5) is 16.5. The number of rotatable bonds is 4. The number of carbonyl (C=O) groups is 1. The van der Waals surface area contributed by atoms with Crippen LogP contribution in [-0.4, -0.2) is 24.0 Å². The SMILES string of the molecule is CC(C(=O)NCc1nc2ccccc2s1)C1CNC1. The van der Waals surface area contributed by atoms with Gasteiger partial charge in [-0.1, -0.05) is 19.1 Å². The highest BCUT2D eigenvalue weighted by Gasteiger charge is 2.28. The molecule has 1 amide bonds. The molecule has 0 bridgehead atoms. The lowest BCUT2D eigenvalue weighted by Gasteiger charge is -2.31. The summed E-state index contributed by atoms with van der Waals surface area (Å²) in [5.41, 5.74) is 1.01. The number of benzene rings is 1. The molecular formula is C14H17N3OS. The molecule has 4 nitrogen and oxygen atoms in total. The van der Waals surface area contributed by atoms with E-state index in [1.807, 2.05) is 25.1 Å². The van der Waals surface area contributed by atoms with Crippen LogP contribution in [0.4, 0.5) is 0 Å². The molecule has 5 heteroatoms. The minimum atomic E-state index is 0.0793. The molecule has 2 N–H and O–H groups in total. The first-order valence-electron chi connectivity index (χ1n) is 6.57. The summed E-state index contributed by atoms with van der Waals surface area (Å²) in [6, 6.07) is 8.05. The first kappa shape index (κ1) is 12.6. The first-order valence-corrected chi connectivity index (χ1v) is 7.38. The van der Waals surface area contributed by atoms with Crippen molar-refractivity contribution in [2.75, 3.05) is 13.1 Å². The van der Waals surface area contributed by atoms with Gasteiger partial charge >= 0.3 is 0 Å². The number of fused-ring (bicyclic) bond motifs is 1. The Morgan fingerprint density at radius 2 is 2.32 bits per heavy atom. The second-order valence-corrected chi connectivity index (χ2v) is 6.12. The molecule has 100 valence electrons. The van der Waals surface area contributed by atoms with Gasteiger partial charge in [-0.3, -0.25) is 4.79 Å². The average molecular weight is 275 g/mol. The highest BCUT2D eigenvalue weighted by molar-refractivity contribution is 7.18. The molecule has 1 saturated heterocycles. The summed E-state index contributed by atoms with van der Waals surface area (Å²) >= 11 is 1.64. The zero-order valence-corrected chi connectivity index (χ0v) is 11.7. The third-order valence-corrected chi connectivity index (χ3v) is 4.72. The zero-order valence-electron chi connectivity index (χ0n) is 10.8. The molecule has 1 atom stereocenters. The molecule has 1 unspecified atom stereocenters. The third kappa shape index (κ3) is 2.62. The van der Waals surface area contributed by atoms with Gasteiger partial charge in [0, 0.05) is 5.92 Å². The van der Waals surface area contributed by atoms with Crippen molar-refractivity contribution in [2.45, 2.75) is 13.5 Å². The van der Waals surface area contributed by atoms with Gasteiger partial charge in [0.05, 0.1) is 16.8 Å². The van der Waals surface area contributed by atoms with Crippen LogP contribution in [-0.2, 0) is 11.3 Å². The van der Waals surface area contributed by atoms with E-state index < -0.39 is 0 Å². The van der Waals surface area contributed by atoms with Gasteiger partial charge in [0.25, 0.3) is 0 Å². The van der Waals surface area contributed by atoms with Gasteiger partial charge in [0.15, 0.2) is 0 Å². The molecule has 3 rings (SSSR count). The van der Waals surface area contributed by atoms with Crippen LogP contribution >= 0.6 is 11.3 Å². The minimum absolute atomic E-state index is 0.0793. The fourth-order valence-corrected chi connectivity index (χ4v) is 3.10. The van der Waals surface area contributed by atoms with Crippen molar-refractivity contribution in [3.8, 4) is 0 Å². The normalized spacial score (nSPS) is 17.1. The van der Waals surface area contributed by atoms with E-state index >= 15 is 0 Å². The topological polar surface area (TPSA) is 54.0 Å². The average Bonchev–Trinajstić information content (AvgIpc) is 2.76. The van der Waals surface area contributed by atoms with Crippen molar-refractivity contribution in [1.82, 2.24) is 15.6 Å². The fourth-order valence-electron chi connectivity index (χ4n) is 2.20. The lowest BCUT2D eigenvalue weighted by atomic mass is 9.88. The molecule has 1 fully saturated rings. The van der Waals surface area contributed by atoms with Crippen molar-refractivity contribution >= 4 is 27.5 Å². The Hall–Kier alpha value is -1.46. The summed E-state index contributed by atoms with van der Waals surface area (Å²) in [5, 5.41) is 7.15. The van der Waals surface area contributed by atoms with Crippen LogP contribution in [0.5, 0.6) is 0 Å². The lowest BCUT2D eigenvalue weighted by molar-refractivity contribution is -0.126. The van der Waals surface area contributed by atoms with Crippen LogP contribution in [0.3, 0.4) is 0 Å². The quantitative estimate of drug-likeness (QED) is 0.894. The van der Waals surface area contributed by atoms with E-state index in [-0.39, 0.29) is 11.8 Å². The van der Waals surface area contributed by atoms with E-state index in [2.05, 4.69) is 21.7 Å². The molecule has 1 aromatic carbocycles. The van der Waals surface area contributed by atoms with Gasteiger partial charge in [-0.05, 0) is 31.1 Å². The van der Waals surface area contributed by atoms with E-state index in [1.165, 1.54) is 4.70 Å². The van der Waals surface area contributed by atoms with Crippen LogP contribution in [0.1, 0.15) is 11.9 Å². The molecule has 0 aliphatic carbocycles. The second kappa shape index (κ2) is 5.27. The summed E-state index contributed by atoms with van der Waals surface area (Å²) in [7, 11) is 0. The second-order valence-electron chi connectivity index (χ2n) is 5.00. The number of aromatic nitrogens is 1. The monoisotopic (exact) mass is 275 g/mol. The van der Waals surface area contributed by atoms with Crippen LogP contribution in [0.15, 0.2) is 24.3 Å². The van der Waals surface area contributed by atoms with E-state index in [9.17, 15) is 4.79 Å². The van der Waals surface area contributed by atoms with Crippen molar-refractivity contribution < 1.29 is 4.79 Å². The van der Waals surface area contributed by atoms with Crippen molar-refractivity contribution in [3.63, 3.8) is 0 Å². The maximum atomic E-state index is 12.0. The summed E-state index contributed by atoms with van der Waals surface area (Å²) in [6.45, 7) is 4.44. The van der Waals surface area contributed by atoms with Crippen LogP contribution in [0.25, 0.3) is 10.2 Å². The number of nitrogens with one attached hydrogen (secondary N) is 2. The Bertz CT molecular complexity index is 558. The molecular weight excluding hydrogens is 258 g/mol. The number of hydrogen-bond donors (Lipinski definition) is 2. The molecule has 0 saturated carbocycles. The molecule has 2 heterocycles. The van der Waals surface area contributed by atoms with Gasteiger partial charge < -0.3 is 10.6 Å². The molecule has 1 aliphatic heterocycles. The number of para-hydroxylation sites is 1. The number of carbonyl (C=O) groups excluding carboxylic acids is 1. The minimum Gasteiger partial charge on any atom is -0.349 e. The van der Waals surface area contributed by atoms with E-state index in [4.69, 9.17) is 0 Å². The first-order chi connectivity index (χ1) is 9.24. The van der Waals surface area contributed by atoms with E-state index in [0.29, 0.717) is 12.5 Å². The third-order valence-electron chi connectivity index (χ3n) is 3.69. The predicted octanol–water partition coefficient (Wildman–Crippen LogP) is 1.77. The van der Waals surface area contributed by atoms with E-state index in [1.54, 1.807) is 11.3 Å². The predicted molar refractivity (Wildman–Crippen MR) is 77.0 cm³/mol. The van der Waals surface area contributed by atoms with Gasteiger partial charge in [-0.15, -0.1) is 11.3 Å². The molecule has 0 spiro atoms. The van der Waals surface area contributed by atoms with Crippen molar-refractivity contribution in [1.29, 1.82) is 0 Å². The van der Waals surface area contributed by atoms with Crippen LogP contribution < -0.4 is 10.6 Å². The number of nitrogens with zero attached hydrogens (tertiary/aromatic N) is 1. The zero-order chi connectivity index (χ0) is 13.2. The molecule has 0 radical (unpaired) electrons. The Balaban J connectivity index is 1.60. The van der Waals surface area contributed by atoms with Crippen molar-refractivity contribution in [2.24, 2.45) is 11.8 Å². The van der Waals surface area contributed by atoms with Crippen molar-refractivity contribution in [3.05, 3.63) is 29.3 Å². The summed E-state index contributed by atoms with van der Waals surface area (Å²) in [5.74, 6) is 0.691. The smallest absolute Gasteiger partial charge is 0.223 e. The van der Waals surface area contributed by atoms with Gasteiger partial charge in [-0.2, -0.15) is 0 Å². The highest BCUT2D eigenvalue weighted by Crippen LogP contribution is 2.21. The highest BCUT2D eigenvalue weighted by atomic mass is 32.1. The Labute approximate surface area is 116 Å². The largest absolute Gasteiger partial charge is 0.349 e. The number of hydrogen-bond acceptors (Lipinski definition) is 4. The number of amides is 1. The molecule has 2 aromatic rings. The van der Waals surface area contributed by atoms with Crippen LogP contribution in [0.2, 0.25) is 0 Å². The standard InChI is InChI=1S/C14H17N3OS/c1-9(10-6-15-7-10)14(18)16-8-13-17-11-4-2-3-5-12(11)19-13/h2-5,9-10,15H,6-8H2,1H3,(H,16,18). The molecule has 1 aromatic heterocycles. The lowest BCUT2D eigenvalue weighted by Crippen LogP contribution is -2.49. The molecule has 19 heavy (non-hydrogen) atoms. The van der Waals surface area contributed by atoms with Gasteiger partial charge in [0.1, 0.15) is 5.01 Å². The maximum absolute atomic E-state index is 12.0. The van der Waals surface area contributed by atoms with Crippen LogP contribution in [0, 0.1) is 11.8 Å². The fraction of sp³-hybridized carbons (Fsp3) is 0.429. The van der Waals surface area contributed by atoms with Gasteiger partial charge in [0.2, 0.25) is 5.91 Å². The summed E-state index contributed by atoms with van der Waals surface area (Å²) < 4.78 is 1.17. The van der Waals surface area contributed by atoms with E-state index in [0.717, 1.165) is 23.6 Å². The molecule has 1 aliphatic rings. The number of thiazole rings is 1. The Kier molecular flexibility index (Phi) is 3.48. The maximum Gasteiger partial charge on any atom is 0.223 e. The Morgan fingerprint density at radius 1 is 1.53 bits per heavy atom. The van der Waals surface area contributed by atoms with Gasteiger partial charge in [-0.25, -0.2) is 4.98 Å².